The summed E-state index contributed by atoms with van der Waals surface area (Å²) in [6.07, 6.45) is 0. The van der Waals surface area contributed by atoms with Crippen molar-refractivity contribution in [2.45, 2.75) is 0 Å². The Hall–Kier alpha value is 2.91. The molecule has 0 aromatic heterocycles. The summed E-state index contributed by atoms with van der Waals surface area (Å²) in [5.41, 5.74) is 0. The molecule has 0 spiro atoms. The summed E-state index contributed by atoms with van der Waals surface area (Å²) in [6.45, 7) is 0. The van der Waals surface area contributed by atoms with Gasteiger partial charge in [0.05, 0.1) is 0 Å². The van der Waals surface area contributed by atoms with Crippen LogP contribution in [0, 0.1) is 0 Å². The summed E-state index contributed by atoms with van der Waals surface area (Å²) >= 11 is 34.5. The van der Waals surface area contributed by atoms with Gasteiger partial charge in [-0.05, 0) is 35.3 Å². The zero-order chi connectivity index (χ0) is 9.46. The highest BCUT2D eigenvalue weighted by Crippen LogP contribution is 2.83. The fraction of sp³-hybridized carbons (Fsp3) is 0. The first-order chi connectivity index (χ1) is 5.46. The summed E-state index contributed by atoms with van der Waals surface area (Å²) in [5, 5.41) is 0. The minimum Gasteiger partial charge on any atom is -0.116 e. The van der Waals surface area contributed by atoms with Crippen LogP contribution in [0.25, 0.3) is 0 Å². The van der Waals surface area contributed by atoms with Gasteiger partial charge >= 0.3 is 0 Å². The average molecular weight is 348 g/mol. The first kappa shape index (κ1) is 13.0. The van der Waals surface area contributed by atoms with Crippen molar-refractivity contribution in [2.24, 2.45) is 0 Å². The zero-order valence-electron chi connectivity index (χ0n) is 4.95. The van der Waals surface area contributed by atoms with Crippen molar-refractivity contribution in [2.75, 3.05) is 0 Å². The predicted molar refractivity (Wildman–Crippen MR) is 61.4 cm³/mol. The Kier molecular flexibility index (Phi) is 5.73. The summed E-state index contributed by atoms with van der Waals surface area (Å²) in [6, 6.07) is 0. The van der Waals surface area contributed by atoms with E-state index in [0.29, 0.717) is 0 Å². The smallest absolute Gasteiger partial charge is 0.116 e. The van der Waals surface area contributed by atoms with Gasteiger partial charge in [-0.2, -0.15) is 0 Å². The summed E-state index contributed by atoms with van der Waals surface area (Å²) in [4.78, 5) is 0. The lowest BCUT2D eigenvalue weighted by atomic mass is 13.7. The van der Waals surface area contributed by atoms with Gasteiger partial charge in [-0.1, -0.05) is 33.7 Å². The molecule has 1 aliphatic rings. The molecule has 0 aliphatic carbocycles. The van der Waals surface area contributed by atoms with Crippen LogP contribution in [0.4, 0.5) is 0 Å². The van der Waals surface area contributed by atoms with E-state index in [0.717, 1.165) is 0 Å². The molecule has 0 amide bonds. The van der Waals surface area contributed by atoms with Crippen molar-refractivity contribution in [3.8, 4) is 0 Å². The Morgan fingerprint density at radius 3 is 0.917 bits per heavy atom. The van der Waals surface area contributed by atoms with Crippen LogP contribution in [0.15, 0.2) is 0 Å². The molecule has 1 fully saturated rings. The van der Waals surface area contributed by atoms with Gasteiger partial charge in [0, 0.05) is 0 Å². The number of hydrogen-bond acceptors (Lipinski definition) is 3. The van der Waals surface area contributed by atoms with Crippen LogP contribution in [-0.4, -0.2) is 11.9 Å². The van der Waals surface area contributed by atoms with Crippen molar-refractivity contribution in [3.63, 3.8) is 0 Å². The van der Waals surface area contributed by atoms with E-state index in [2.05, 4.69) is 0 Å². The average Bonchev–Trinajstić information content (AvgIpc) is 2.08. The lowest BCUT2D eigenvalue weighted by molar-refractivity contribution is 0.944. The van der Waals surface area contributed by atoms with Gasteiger partial charge in [-0.25, -0.2) is 0 Å². The van der Waals surface area contributed by atoms with Crippen LogP contribution >= 0.6 is 91.8 Å². The Morgan fingerprint density at radius 1 is 0.583 bits per heavy atom. The number of rotatable bonds is 0. The quantitative estimate of drug-likeness (QED) is 0.407. The molecule has 0 bridgehead atoms. The van der Waals surface area contributed by atoms with E-state index in [1.165, 1.54) is 11.9 Å². The Bertz CT molecular complexity index is 110. The largest absolute Gasteiger partial charge is 0.181 e. The van der Waals surface area contributed by atoms with E-state index in [1.54, 1.807) is 0 Å². The van der Waals surface area contributed by atoms with E-state index in [-0.39, 0.29) is 0 Å². The highest BCUT2D eigenvalue weighted by molar-refractivity contribution is 8.07. The topological polar surface area (TPSA) is 9.72 Å². The van der Waals surface area contributed by atoms with Crippen LogP contribution in [0.5, 0.6) is 0 Å². The second kappa shape index (κ2) is 5.30. The minimum absolute atomic E-state index is 1.18. The van der Waals surface area contributed by atoms with Crippen molar-refractivity contribution in [3.05, 3.63) is 0 Å². The third-order valence-electron chi connectivity index (χ3n) is 0.817. The molecule has 72 valence electrons. The maximum absolute atomic E-state index is 5.80. The summed E-state index contributed by atoms with van der Waals surface area (Å²) < 4.78 is 3.53. The molecule has 1 saturated heterocycles. The second-order valence-electron chi connectivity index (χ2n) is 1.44. The molecule has 0 saturated carbocycles. The normalized spacial score (nSPS) is 42.0. The number of hydrogen-bond donors (Lipinski definition) is 0. The maximum Gasteiger partial charge on any atom is 0.181 e. The third kappa shape index (κ3) is 2.53. The third-order valence-corrected chi connectivity index (χ3v) is 14.1. The van der Waals surface area contributed by atoms with E-state index in [1.807, 2.05) is 0 Å². The zero-order valence-corrected chi connectivity index (χ0v) is 12.2. The van der Waals surface area contributed by atoms with Crippen molar-refractivity contribution < 1.29 is 0 Å². The number of nitrogens with zero attached hydrogens (tertiary/aromatic N) is 3. The van der Waals surface area contributed by atoms with E-state index in [9.17, 15) is 0 Å². The van der Waals surface area contributed by atoms with Gasteiger partial charge < -0.3 is 0 Å². The Balaban J connectivity index is 2.76. The molecule has 0 unspecified atom stereocenters. The first-order valence-corrected chi connectivity index (χ1v) is 9.69. The molecular formula is Cl6N3P3. The lowest BCUT2D eigenvalue weighted by Crippen LogP contribution is -2.16. The standard InChI is InChI=1S/Cl6N3P3/c1-7-10(4)8(2)12(6)9(3)11(7)5. The molecule has 0 N–H and O–H groups in total. The lowest BCUT2D eigenvalue weighted by Gasteiger charge is -2.39. The molecular weight excluding hydrogens is 348 g/mol. The van der Waals surface area contributed by atoms with Crippen LogP contribution < -0.4 is 0 Å². The summed E-state index contributed by atoms with van der Waals surface area (Å²) in [5.74, 6) is 0. The Labute approximate surface area is 103 Å². The summed E-state index contributed by atoms with van der Waals surface area (Å²) in [7, 11) is -4.15. The van der Waals surface area contributed by atoms with E-state index < -0.39 is 22.7 Å². The fourth-order valence-electron chi connectivity index (χ4n) is 0.365. The van der Waals surface area contributed by atoms with Gasteiger partial charge in [0.25, 0.3) is 0 Å². The van der Waals surface area contributed by atoms with Crippen molar-refractivity contribution in [1.29, 1.82) is 0 Å². The van der Waals surface area contributed by atoms with Crippen molar-refractivity contribution in [1.82, 2.24) is 11.9 Å². The highest BCUT2D eigenvalue weighted by Gasteiger charge is 2.45. The predicted octanol–water partition coefficient (Wildman–Crippen LogP) is 5.76. The molecule has 0 atom stereocenters. The molecule has 0 aromatic rings. The minimum atomic E-state index is -1.38. The molecule has 0 aromatic carbocycles. The SMILES string of the molecule is ClN1P(Cl)N(Cl)P(Cl)N(Cl)P1Cl. The highest BCUT2D eigenvalue weighted by atomic mass is 35.7. The van der Waals surface area contributed by atoms with Crippen LogP contribution in [0.2, 0.25) is 0 Å². The van der Waals surface area contributed by atoms with E-state index >= 15 is 0 Å². The van der Waals surface area contributed by atoms with Gasteiger partial charge in [-0.3, -0.25) is 0 Å². The van der Waals surface area contributed by atoms with Gasteiger partial charge in [0.2, 0.25) is 0 Å². The van der Waals surface area contributed by atoms with E-state index in [4.69, 9.17) is 69.1 Å². The molecule has 0 radical (unpaired) electrons. The van der Waals surface area contributed by atoms with Gasteiger partial charge in [-0.15, -0.1) is 11.9 Å². The molecule has 1 heterocycles. The van der Waals surface area contributed by atoms with Crippen LogP contribution in [-0.2, 0) is 0 Å². The van der Waals surface area contributed by atoms with Crippen molar-refractivity contribution >= 4 is 91.8 Å². The molecule has 1 aliphatic heterocycles. The first-order valence-electron chi connectivity index (χ1n) is 2.21. The maximum atomic E-state index is 5.80. The fourth-order valence-corrected chi connectivity index (χ4v) is 11.0. The van der Waals surface area contributed by atoms with Gasteiger partial charge in [0.1, 0.15) is 0 Å². The number of halogens is 6. The monoisotopic (exact) mass is 345 g/mol. The molecule has 1 rings (SSSR count). The second-order valence-corrected chi connectivity index (χ2v) is 11.4. The molecule has 12 heteroatoms. The molecule has 12 heavy (non-hydrogen) atoms. The van der Waals surface area contributed by atoms with Crippen LogP contribution in [0.1, 0.15) is 0 Å². The van der Waals surface area contributed by atoms with Gasteiger partial charge in [0.15, 0.2) is 22.7 Å². The van der Waals surface area contributed by atoms with Crippen LogP contribution in [0.3, 0.4) is 0 Å². The Morgan fingerprint density at radius 2 is 0.750 bits per heavy atom. The molecule has 3 nitrogen and oxygen atoms in total.